The minimum absolute atomic E-state index is 0.0443. The second-order valence-electron chi connectivity index (χ2n) is 7.51. The highest BCUT2D eigenvalue weighted by molar-refractivity contribution is 5.12. The molecule has 132 valence electrons. The molecule has 0 aromatic rings. The van der Waals surface area contributed by atoms with E-state index in [1.54, 1.807) is 13.0 Å². The van der Waals surface area contributed by atoms with Crippen LogP contribution in [0.3, 0.4) is 0 Å². The van der Waals surface area contributed by atoms with Crippen LogP contribution in [-0.2, 0) is 0 Å². The van der Waals surface area contributed by atoms with Crippen molar-refractivity contribution in [2.75, 3.05) is 6.61 Å². The lowest BCUT2D eigenvalue weighted by Gasteiger charge is -2.24. The fraction of sp³-hybridized carbons (Fsp3) is 0.700. The van der Waals surface area contributed by atoms with Crippen LogP contribution in [0, 0.1) is 11.8 Å². The van der Waals surface area contributed by atoms with E-state index in [9.17, 15) is 15.3 Å². The van der Waals surface area contributed by atoms with Gasteiger partial charge in [0.15, 0.2) is 0 Å². The highest BCUT2D eigenvalue weighted by Gasteiger charge is 2.22. The van der Waals surface area contributed by atoms with Gasteiger partial charge in [0.1, 0.15) is 0 Å². The summed E-state index contributed by atoms with van der Waals surface area (Å²) in [7, 11) is 0. The Bertz CT molecular complexity index is 444. The van der Waals surface area contributed by atoms with E-state index < -0.39 is 11.7 Å². The van der Waals surface area contributed by atoms with Gasteiger partial charge in [-0.25, -0.2) is 0 Å². The summed E-state index contributed by atoms with van der Waals surface area (Å²) in [4.78, 5) is 0. The van der Waals surface area contributed by atoms with Gasteiger partial charge in [-0.05, 0) is 56.9 Å². The first kappa shape index (κ1) is 20.1. The fourth-order valence-corrected chi connectivity index (χ4v) is 3.02. The zero-order chi connectivity index (χ0) is 17.5. The Morgan fingerprint density at radius 2 is 2.00 bits per heavy atom. The smallest absolute Gasteiger partial charge is 0.0827 e. The molecule has 1 rings (SSSR count). The lowest BCUT2D eigenvalue weighted by molar-refractivity contribution is 0.0562. The number of rotatable bonds is 2. The van der Waals surface area contributed by atoms with Gasteiger partial charge in [0.2, 0.25) is 0 Å². The van der Waals surface area contributed by atoms with Crippen LogP contribution < -0.4 is 0 Å². The van der Waals surface area contributed by atoms with Crippen molar-refractivity contribution >= 4 is 0 Å². The lowest BCUT2D eigenvalue weighted by atomic mass is 9.86. The molecule has 0 fully saturated rings. The van der Waals surface area contributed by atoms with E-state index >= 15 is 0 Å². The summed E-state index contributed by atoms with van der Waals surface area (Å²) in [5.41, 5.74) is 1.16. The number of aliphatic hydroxyl groups is 3. The Kier molecular flexibility index (Phi) is 8.24. The molecule has 3 atom stereocenters. The predicted molar refractivity (Wildman–Crippen MR) is 96.1 cm³/mol. The first-order valence-electron chi connectivity index (χ1n) is 8.79. The third-order valence-electron chi connectivity index (χ3n) is 4.64. The zero-order valence-electron chi connectivity index (χ0n) is 15.1. The van der Waals surface area contributed by atoms with E-state index in [-0.39, 0.29) is 13.0 Å². The number of hydrogen-bond donors (Lipinski definition) is 3. The van der Waals surface area contributed by atoms with Gasteiger partial charge < -0.3 is 15.3 Å². The van der Waals surface area contributed by atoms with E-state index in [4.69, 9.17) is 0 Å². The fourth-order valence-electron chi connectivity index (χ4n) is 3.02. The van der Waals surface area contributed by atoms with Crippen molar-refractivity contribution in [3.05, 3.63) is 35.5 Å². The van der Waals surface area contributed by atoms with Gasteiger partial charge >= 0.3 is 0 Å². The summed E-state index contributed by atoms with van der Waals surface area (Å²) in [6, 6.07) is 0. The van der Waals surface area contributed by atoms with Crippen molar-refractivity contribution in [3.8, 4) is 0 Å². The quantitative estimate of drug-likeness (QED) is 0.678. The van der Waals surface area contributed by atoms with E-state index in [2.05, 4.69) is 32.9 Å². The van der Waals surface area contributed by atoms with Crippen LogP contribution in [0.2, 0.25) is 0 Å². The zero-order valence-corrected chi connectivity index (χ0v) is 15.1. The number of hydrogen-bond acceptors (Lipinski definition) is 3. The maximum absolute atomic E-state index is 10.5. The molecule has 0 aromatic heterocycles. The summed E-state index contributed by atoms with van der Waals surface area (Å²) in [6.45, 7) is 8.25. The molecule has 0 aliphatic heterocycles. The predicted octanol–water partition coefficient (Wildman–Crippen LogP) is 3.76. The highest BCUT2D eigenvalue weighted by Crippen LogP contribution is 2.25. The molecule has 3 heteroatoms. The molecule has 0 saturated heterocycles. The average molecular weight is 322 g/mol. The summed E-state index contributed by atoms with van der Waals surface area (Å²) >= 11 is 0. The van der Waals surface area contributed by atoms with E-state index in [0.29, 0.717) is 11.8 Å². The van der Waals surface area contributed by atoms with Crippen LogP contribution in [0.25, 0.3) is 0 Å². The highest BCUT2D eigenvalue weighted by atomic mass is 16.3. The van der Waals surface area contributed by atoms with Gasteiger partial charge in [-0.1, -0.05) is 43.7 Å². The van der Waals surface area contributed by atoms with Crippen molar-refractivity contribution in [2.24, 2.45) is 11.8 Å². The Hall–Kier alpha value is -0.900. The van der Waals surface area contributed by atoms with Crippen molar-refractivity contribution in [1.82, 2.24) is 0 Å². The van der Waals surface area contributed by atoms with Gasteiger partial charge in [-0.15, -0.1) is 0 Å². The van der Waals surface area contributed by atoms with Crippen LogP contribution in [0.5, 0.6) is 0 Å². The Labute approximate surface area is 141 Å². The SMILES string of the molecule is C/C1=C\CC/C(CO)=C/[C@H](O)C[C@@](C)(O)/C=C/[C@H](C(C)C)CC1. The maximum Gasteiger partial charge on any atom is 0.0827 e. The largest absolute Gasteiger partial charge is 0.392 e. The molecule has 3 N–H and O–H groups in total. The Morgan fingerprint density at radius 3 is 2.61 bits per heavy atom. The molecule has 0 aromatic carbocycles. The molecule has 0 radical (unpaired) electrons. The van der Waals surface area contributed by atoms with E-state index in [1.165, 1.54) is 5.57 Å². The van der Waals surface area contributed by atoms with E-state index in [0.717, 1.165) is 31.3 Å². The molecule has 0 heterocycles. The molecule has 1 aliphatic rings. The van der Waals surface area contributed by atoms with Crippen molar-refractivity contribution in [2.45, 2.75) is 71.5 Å². The van der Waals surface area contributed by atoms with Crippen molar-refractivity contribution in [1.29, 1.82) is 0 Å². The molecular formula is C20H34O3. The molecule has 23 heavy (non-hydrogen) atoms. The van der Waals surface area contributed by atoms with Gasteiger partial charge in [0, 0.05) is 6.42 Å². The molecule has 0 bridgehead atoms. The van der Waals surface area contributed by atoms with Gasteiger partial charge in [-0.2, -0.15) is 0 Å². The average Bonchev–Trinajstić information content (AvgIpc) is 2.44. The second kappa shape index (κ2) is 9.41. The Balaban J connectivity index is 3.01. The summed E-state index contributed by atoms with van der Waals surface area (Å²) in [6.07, 6.45) is 11.1. The maximum atomic E-state index is 10.5. The standard InChI is InChI=1S/C20H34O3/c1-15(2)18-9-8-16(3)6-5-7-17(14-21)12-19(22)13-20(4,23)11-10-18/h6,10-12,15,18-19,21-23H,5,7-9,13-14H2,1-4H3/b11-10+,16-6+,17-12-/t18-,19+,20+/m1/s1. The molecule has 0 unspecified atom stereocenters. The molecule has 0 spiro atoms. The summed E-state index contributed by atoms with van der Waals surface area (Å²) in [5.74, 6) is 0.946. The second-order valence-corrected chi connectivity index (χ2v) is 7.51. The van der Waals surface area contributed by atoms with Crippen LogP contribution >= 0.6 is 0 Å². The monoisotopic (exact) mass is 322 g/mol. The Morgan fingerprint density at radius 1 is 1.30 bits per heavy atom. The minimum atomic E-state index is -1.04. The van der Waals surface area contributed by atoms with Crippen molar-refractivity contribution in [3.63, 3.8) is 0 Å². The third kappa shape index (κ3) is 7.96. The van der Waals surface area contributed by atoms with Crippen LogP contribution in [0.15, 0.2) is 35.5 Å². The normalized spacial score (nSPS) is 37.4. The summed E-state index contributed by atoms with van der Waals surface area (Å²) < 4.78 is 0. The molecule has 1 aliphatic carbocycles. The third-order valence-corrected chi connectivity index (χ3v) is 4.64. The van der Waals surface area contributed by atoms with Gasteiger partial charge in [0.05, 0.1) is 18.3 Å². The van der Waals surface area contributed by atoms with Gasteiger partial charge in [0.25, 0.3) is 0 Å². The van der Waals surface area contributed by atoms with E-state index in [1.807, 2.05) is 6.08 Å². The topological polar surface area (TPSA) is 60.7 Å². The van der Waals surface area contributed by atoms with Crippen molar-refractivity contribution < 1.29 is 15.3 Å². The van der Waals surface area contributed by atoms with Crippen LogP contribution in [0.1, 0.15) is 59.8 Å². The molecular weight excluding hydrogens is 288 g/mol. The van der Waals surface area contributed by atoms with Crippen LogP contribution in [0.4, 0.5) is 0 Å². The van der Waals surface area contributed by atoms with Crippen LogP contribution in [-0.4, -0.2) is 33.6 Å². The first-order chi connectivity index (χ1) is 10.7. The lowest BCUT2D eigenvalue weighted by Crippen LogP contribution is -2.27. The number of aliphatic hydroxyl groups excluding tert-OH is 2. The molecule has 0 amide bonds. The molecule has 0 saturated carbocycles. The first-order valence-corrected chi connectivity index (χ1v) is 8.79. The molecule has 3 nitrogen and oxygen atoms in total. The number of allylic oxidation sites excluding steroid dienone is 3. The van der Waals surface area contributed by atoms with Gasteiger partial charge in [-0.3, -0.25) is 0 Å². The summed E-state index contributed by atoms with van der Waals surface area (Å²) in [5, 5.41) is 30.1. The minimum Gasteiger partial charge on any atom is -0.392 e.